The standard InChI is InChI=1S/C18H19FO/c1-11(2)13-9-8-12(3)15-10-20-18(17(13)15)14-6-4-5-7-16(14)19/h4-8,10,13,17-18H,1,9H2,2-3H3/t13-,17-,18+/m1/s1. The van der Waals surface area contributed by atoms with Gasteiger partial charge in [-0.2, -0.15) is 0 Å². The number of benzene rings is 1. The van der Waals surface area contributed by atoms with Crippen molar-refractivity contribution in [3.63, 3.8) is 0 Å². The molecule has 0 aromatic heterocycles. The molecule has 0 amide bonds. The van der Waals surface area contributed by atoms with Gasteiger partial charge in [-0.25, -0.2) is 4.39 Å². The number of fused-ring (bicyclic) bond motifs is 1. The van der Waals surface area contributed by atoms with Gasteiger partial charge in [-0.15, -0.1) is 0 Å². The summed E-state index contributed by atoms with van der Waals surface area (Å²) in [5.74, 6) is 0.297. The number of hydrogen-bond donors (Lipinski definition) is 0. The molecule has 0 radical (unpaired) electrons. The Balaban J connectivity index is 2.02. The van der Waals surface area contributed by atoms with Crippen molar-refractivity contribution in [2.45, 2.75) is 26.4 Å². The van der Waals surface area contributed by atoms with Gasteiger partial charge >= 0.3 is 0 Å². The smallest absolute Gasteiger partial charge is 0.133 e. The third-order valence-corrected chi connectivity index (χ3v) is 4.44. The van der Waals surface area contributed by atoms with Gasteiger partial charge in [0, 0.05) is 11.5 Å². The molecule has 0 saturated heterocycles. The quantitative estimate of drug-likeness (QED) is 0.692. The minimum Gasteiger partial charge on any atom is -0.492 e. The second-order valence-corrected chi connectivity index (χ2v) is 5.75. The van der Waals surface area contributed by atoms with E-state index in [2.05, 4.69) is 19.6 Å². The lowest BCUT2D eigenvalue weighted by atomic mass is 9.71. The fraction of sp³-hybridized carbons (Fsp3) is 0.333. The van der Waals surface area contributed by atoms with E-state index in [1.807, 2.05) is 25.3 Å². The minimum absolute atomic E-state index is 0.175. The summed E-state index contributed by atoms with van der Waals surface area (Å²) in [6.07, 6.45) is 4.76. The summed E-state index contributed by atoms with van der Waals surface area (Å²) >= 11 is 0. The van der Waals surface area contributed by atoms with Gasteiger partial charge in [0.1, 0.15) is 11.9 Å². The van der Waals surface area contributed by atoms with Crippen molar-refractivity contribution in [3.05, 3.63) is 71.3 Å². The highest BCUT2D eigenvalue weighted by molar-refractivity contribution is 5.41. The second-order valence-electron chi connectivity index (χ2n) is 5.75. The van der Waals surface area contributed by atoms with Gasteiger partial charge in [-0.3, -0.25) is 0 Å². The Labute approximate surface area is 119 Å². The molecule has 2 aliphatic rings. The first-order valence-corrected chi connectivity index (χ1v) is 7.02. The Bertz CT molecular complexity index is 612. The number of rotatable bonds is 2. The molecule has 1 aliphatic heterocycles. The average molecular weight is 270 g/mol. The molecule has 20 heavy (non-hydrogen) atoms. The van der Waals surface area contributed by atoms with Crippen LogP contribution in [-0.4, -0.2) is 0 Å². The average Bonchev–Trinajstić information content (AvgIpc) is 2.85. The zero-order chi connectivity index (χ0) is 14.3. The zero-order valence-electron chi connectivity index (χ0n) is 11.9. The van der Waals surface area contributed by atoms with Crippen LogP contribution in [0.5, 0.6) is 0 Å². The molecule has 2 heteroatoms. The third-order valence-electron chi connectivity index (χ3n) is 4.44. The fourth-order valence-corrected chi connectivity index (χ4v) is 3.30. The molecule has 3 rings (SSSR count). The van der Waals surface area contributed by atoms with Gasteiger partial charge in [-0.1, -0.05) is 36.4 Å². The molecule has 104 valence electrons. The van der Waals surface area contributed by atoms with E-state index < -0.39 is 0 Å². The van der Waals surface area contributed by atoms with Crippen LogP contribution in [0.4, 0.5) is 4.39 Å². The molecule has 1 heterocycles. The predicted molar refractivity (Wildman–Crippen MR) is 78.5 cm³/mol. The number of hydrogen-bond acceptors (Lipinski definition) is 1. The van der Waals surface area contributed by atoms with Crippen LogP contribution in [0.1, 0.15) is 31.9 Å². The van der Waals surface area contributed by atoms with Gasteiger partial charge < -0.3 is 4.74 Å². The number of allylic oxidation sites excluding steroid dienone is 3. The van der Waals surface area contributed by atoms with Gasteiger partial charge in [0.25, 0.3) is 0 Å². The Kier molecular flexibility index (Phi) is 3.25. The van der Waals surface area contributed by atoms with Crippen molar-refractivity contribution < 1.29 is 9.13 Å². The molecule has 0 spiro atoms. The van der Waals surface area contributed by atoms with Crippen molar-refractivity contribution in [1.82, 2.24) is 0 Å². The van der Waals surface area contributed by atoms with E-state index >= 15 is 0 Å². The summed E-state index contributed by atoms with van der Waals surface area (Å²) in [4.78, 5) is 0. The Morgan fingerprint density at radius 3 is 2.80 bits per heavy atom. The van der Waals surface area contributed by atoms with Crippen molar-refractivity contribution in [1.29, 1.82) is 0 Å². The molecule has 3 atom stereocenters. The monoisotopic (exact) mass is 270 g/mol. The SMILES string of the molecule is C=C(C)[C@H]1CC=C(C)C2=CO[C@@H](c3ccccc3F)[C@@H]21. The molecule has 0 fully saturated rings. The fourth-order valence-electron chi connectivity index (χ4n) is 3.30. The summed E-state index contributed by atoms with van der Waals surface area (Å²) in [5, 5.41) is 0. The first kappa shape index (κ1) is 13.2. The molecule has 1 aromatic rings. The highest BCUT2D eigenvalue weighted by Crippen LogP contribution is 2.50. The van der Waals surface area contributed by atoms with Crippen LogP contribution in [0.2, 0.25) is 0 Å². The Morgan fingerprint density at radius 2 is 2.10 bits per heavy atom. The van der Waals surface area contributed by atoms with Crippen LogP contribution in [0, 0.1) is 17.7 Å². The van der Waals surface area contributed by atoms with Crippen LogP contribution in [-0.2, 0) is 4.74 Å². The molecule has 0 saturated carbocycles. The lowest BCUT2D eigenvalue weighted by molar-refractivity contribution is 0.111. The highest BCUT2D eigenvalue weighted by atomic mass is 19.1. The van der Waals surface area contributed by atoms with Crippen LogP contribution in [0.3, 0.4) is 0 Å². The van der Waals surface area contributed by atoms with Gasteiger partial charge in [-0.05, 0) is 43.4 Å². The van der Waals surface area contributed by atoms with Crippen molar-refractivity contribution in [2.75, 3.05) is 0 Å². The first-order valence-electron chi connectivity index (χ1n) is 7.02. The van der Waals surface area contributed by atoms with E-state index in [1.54, 1.807) is 6.07 Å². The van der Waals surface area contributed by atoms with Crippen molar-refractivity contribution >= 4 is 0 Å². The summed E-state index contributed by atoms with van der Waals surface area (Å²) in [6.45, 7) is 8.26. The van der Waals surface area contributed by atoms with E-state index in [-0.39, 0.29) is 17.8 Å². The maximum Gasteiger partial charge on any atom is 0.133 e. The molecule has 1 aromatic carbocycles. The Morgan fingerprint density at radius 1 is 1.35 bits per heavy atom. The van der Waals surface area contributed by atoms with E-state index in [0.717, 1.165) is 12.0 Å². The summed E-state index contributed by atoms with van der Waals surface area (Å²) in [7, 11) is 0. The van der Waals surface area contributed by atoms with Gasteiger partial charge in [0.05, 0.1) is 6.26 Å². The van der Waals surface area contributed by atoms with Crippen LogP contribution < -0.4 is 0 Å². The largest absolute Gasteiger partial charge is 0.492 e. The van der Waals surface area contributed by atoms with Crippen LogP contribution in [0.25, 0.3) is 0 Å². The molecular weight excluding hydrogens is 251 g/mol. The van der Waals surface area contributed by atoms with E-state index in [1.165, 1.54) is 17.2 Å². The first-order chi connectivity index (χ1) is 9.59. The van der Waals surface area contributed by atoms with Crippen molar-refractivity contribution in [3.8, 4) is 0 Å². The van der Waals surface area contributed by atoms with Gasteiger partial charge in [0.2, 0.25) is 0 Å². The molecule has 0 bridgehead atoms. The maximum absolute atomic E-state index is 14.1. The molecule has 0 N–H and O–H groups in total. The van der Waals surface area contributed by atoms with E-state index in [0.29, 0.717) is 11.5 Å². The molecule has 0 unspecified atom stereocenters. The minimum atomic E-state index is -0.239. The molecular formula is C18H19FO. The zero-order valence-corrected chi connectivity index (χ0v) is 11.9. The third kappa shape index (κ3) is 2.00. The lowest BCUT2D eigenvalue weighted by Gasteiger charge is -2.33. The highest BCUT2D eigenvalue weighted by Gasteiger charge is 2.42. The summed E-state index contributed by atoms with van der Waals surface area (Å²) in [5.41, 5.74) is 4.21. The number of halogens is 1. The van der Waals surface area contributed by atoms with Crippen LogP contribution >= 0.6 is 0 Å². The topological polar surface area (TPSA) is 9.23 Å². The second kappa shape index (κ2) is 4.93. The van der Waals surface area contributed by atoms with Gasteiger partial charge in [0.15, 0.2) is 0 Å². The Hall–Kier alpha value is -1.83. The molecule has 1 nitrogen and oxygen atoms in total. The van der Waals surface area contributed by atoms with Crippen LogP contribution in [0.15, 0.2) is 59.9 Å². The van der Waals surface area contributed by atoms with E-state index in [9.17, 15) is 4.39 Å². The van der Waals surface area contributed by atoms with E-state index in [4.69, 9.17) is 4.74 Å². The number of ether oxygens (including phenoxy) is 1. The summed E-state index contributed by atoms with van der Waals surface area (Å²) < 4.78 is 19.9. The predicted octanol–water partition coefficient (Wildman–Crippen LogP) is 4.94. The lowest BCUT2D eigenvalue weighted by Crippen LogP contribution is -2.25. The van der Waals surface area contributed by atoms with Crippen molar-refractivity contribution in [2.24, 2.45) is 11.8 Å². The summed E-state index contributed by atoms with van der Waals surface area (Å²) in [6, 6.07) is 6.89. The maximum atomic E-state index is 14.1. The molecule has 1 aliphatic carbocycles. The normalized spacial score (nSPS) is 28.2.